The summed E-state index contributed by atoms with van der Waals surface area (Å²) in [5.74, 6) is -0.189. The van der Waals surface area contributed by atoms with Crippen LogP contribution in [0.5, 0.6) is 0 Å². The minimum absolute atomic E-state index is 0.157. The van der Waals surface area contributed by atoms with Crippen LogP contribution in [0.15, 0.2) is 69.1 Å². The highest BCUT2D eigenvalue weighted by molar-refractivity contribution is 8.15. The van der Waals surface area contributed by atoms with Gasteiger partial charge in [0, 0.05) is 6.54 Å². The first-order valence-electron chi connectivity index (χ1n) is 7.05. The zero-order valence-electron chi connectivity index (χ0n) is 12.5. The Hall–Kier alpha value is -1.90. The van der Waals surface area contributed by atoms with E-state index in [9.17, 15) is 13.2 Å². The van der Waals surface area contributed by atoms with Gasteiger partial charge in [-0.15, -0.1) is 22.3 Å². The van der Waals surface area contributed by atoms with Gasteiger partial charge in [0.05, 0.1) is 0 Å². The number of carbonyl (C=O) groups excluding carboxylic acids is 1. The molecule has 2 aromatic rings. The molecule has 1 aliphatic rings. The second-order valence-electron chi connectivity index (χ2n) is 4.93. The Morgan fingerprint density at radius 2 is 1.96 bits per heavy atom. The molecule has 0 spiro atoms. The van der Waals surface area contributed by atoms with Crippen LogP contribution in [0.25, 0.3) is 0 Å². The zero-order chi connectivity index (χ0) is 17.2. The highest BCUT2D eigenvalue weighted by atomic mass is 32.2. The van der Waals surface area contributed by atoms with Crippen LogP contribution in [0.4, 0.5) is 0 Å². The van der Waals surface area contributed by atoms with Gasteiger partial charge < -0.3 is 0 Å². The molecule has 1 amide bonds. The maximum Gasteiger partial charge on any atom is 0.294 e. The molecule has 0 bridgehead atoms. The molecule has 1 aliphatic heterocycles. The van der Waals surface area contributed by atoms with Crippen LogP contribution in [0.2, 0.25) is 0 Å². The molecule has 0 radical (unpaired) electrons. The number of thiophene rings is 1. The number of benzene rings is 1. The molecule has 2 heterocycles. The largest absolute Gasteiger partial charge is 0.294 e. The van der Waals surface area contributed by atoms with Crippen molar-refractivity contribution in [3.63, 3.8) is 0 Å². The van der Waals surface area contributed by atoms with E-state index in [0.717, 1.165) is 28.7 Å². The van der Waals surface area contributed by atoms with Gasteiger partial charge in [-0.1, -0.05) is 54.2 Å². The van der Waals surface area contributed by atoms with Crippen molar-refractivity contribution >= 4 is 44.2 Å². The van der Waals surface area contributed by atoms with Gasteiger partial charge in [0.25, 0.3) is 10.0 Å². The van der Waals surface area contributed by atoms with Crippen molar-refractivity contribution in [1.29, 1.82) is 0 Å². The minimum Gasteiger partial charge on any atom is -0.285 e. The van der Waals surface area contributed by atoms with E-state index in [2.05, 4.69) is 11.0 Å². The fraction of sp³-hybridized carbons (Fsp3) is 0.125. The first-order chi connectivity index (χ1) is 11.5. The van der Waals surface area contributed by atoms with Gasteiger partial charge >= 0.3 is 0 Å². The second kappa shape index (κ2) is 6.92. The van der Waals surface area contributed by atoms with Crippen LogP contribution in [0, 0.1) is 0 Å². The van der Waals surface area contributed by atoms with E-state index in [4.69, 9.17) is 0 Å². The minimum atomic E-state index is -3.82. The van der Waals surface area contributed by atoms with Crippen molar-refractivity contribution in [2.24, 2.45) is 4.40 Å². The summed E-state index contributed by atoms with van der Waals surface area (Å²) in [6.45, 7) is 3.85. The number of carbonyl (C=O) groups is 1. The molecule has 0 N–H and O–H groups in total. The summed E-state index contributed by atoms with van der Waals surface area (Å²) in [7, 11) is -3.82. The van der Waals surface area contributed by atoms with Gasteiger partial charge in [0.2, 0.25) is 5.91 Å². The van der Waals surface area contributed by atoms with Crippen molar-refractivity contribution in [3.05, 3.63) is 66.1 Å². The predicted octanol–water partition coefficient (Wildman–Crippen LogP) is 3.30. The van der Waals surface area contributed by atoms with Crippen molar-refractivity contribution in [2.75, 3.05) is 6.54 Å². The quantitative estimate of drug-likeness (QED) is 0.749. The molecule has 5 nitrogen and oxygen atoms in total. The molecule has 0 saturated carbocycles. The van der Waals surface area contributed by atoms with Gasteiger partial charge in [-0.3, -0.25) is 9.69 Å². The van der Waals surface area contributed by atoms with Gasteiger partial charge in [0.1, 0.15) is 9.46 Å². The standard InChI is InChI=1S/C16H14N2O3S3/c1-2-10-18-15(19)14(12-7-4-3-5-8-12)23-16(18)17-24(20,21)13-9-6-11-22-13/h2-9,11,14H,1,10H2/t14-/m1/s1. The summed E-state index contributed by atoms with van der Waals surface area (Å²) in [6, 6.07) is 12.4. The number of sulfonamides is 1. The molecule has 0 aliphatic carbocycles. The Bertz CT molecular complexity index is 875. The lowest BCUT2D eigenvalue weighted by molar-refractivity contribution is -0.125. The van der Waals surface area contributed by atoms with Crippen LogP contribution < -0.4 is 0 Å². The summed E-state index contributed by atoms with van der Waals surface area (Å²) < 4.78 is 28.8. The smallest absolute Gasteiger partial charge is 0.285 e. The topological polar surface area (TPSA) is 66.8 Å². The Labute approximate surface area is 148 Å². The van der Waals surface area contributed by atoms with Crippen molar-refractivity contribution in [3.8, 4) is 0 Å². The number of nitrogens with zero attached hydrogens (tertiary/aromatic N) is 2. The molecule has 1 fully saturated rings. The Morgan fingerprint density at radius 3 is 2.58 bits per heavy atom. The maximum atomic E-state index is 12.7. The van der Waals surface area contributed by atoms with E-state index in [-0.39, 0.29) is 21.8 Å². The number of thioether (sulfide) groups is 1. The lowest BCUT2D eigenvalue weighted by Crippen LogP contribution is -2.30. The first kappa shape index (κ1) is 16.9. The third-order valence-electron chi connectivity index (χ3n) is 3.31. The molecule has 1 aromatic carbocycles. The van der Waals surface area contributed by atoms with Crippen molar-refractivity contribution in [2.45, 2.75) is 9.46 Å². The average Bonchev–Trinajstić information content (AvgIpc) is 3.20. The van der Waals surface area contributed by atoms with Gasteiger partial charge in [-0.25, -0.2) is 0 Å². The number of amidine groups is 1. The molecule has 8 heteroatoms. The van der Waals surface area contributed by atoms with Gasteiger partial charge in [0.15, 0.2) is 5.17 Å². The van der Waals surface area contributed by atoms with E-state index in [1.165, 1.54) is 11.0 Å². The van der Waals surface area contributed by atoms with Crippen LogP contribution in [0.1, 0.15) is 10.8 Å². The molecule has 24 heavy (non-hydrogen) atoms. The van der Waals surface area contributed by atoms with E-state index in [0.29, 0.717) is 0 Å². The molecule has 3 rings (SSSR count). The van der Waals surface area contributed by atoms with E-state index < -0.39 is 15.3 Å². The molecular formula is C16H14N2O3S3. The molecular weight excluding hydrogens is 364 g/mol. The van der Waals surface area contributed by atoms with Crippen molar-refractivity contribution < 1.29 is 13.2 Å². The SMILES string of the molecule is C=CCN1C(=O)[C@@H](c2ccccc2)SC1=NS(=O)(=O)c1cccs1. The molecule has 1 aromatic heterocycles. The Balaban J connectivity index is 1.99. The monoisotopic (exact) mass is 378 g/mol. The number of rotatable bonds is 5. The van der Waals surface area contributed by atoms with E-state index in [1.54, 1.807) is 17.5 Å². The molecule has 0 unspecified atom stereocenters. The first-order valence-corrected chi connectivity index (χ1v) is 10.3. The highest BCUT2D eigenvalue weighted by Crippen LogP contribution is 2.40. The average molecular weight is 379 g/mol. The maximum absolute atomic E-state index is 12.7. The second-order valence-corrected chi connectivity index (χ2v) is 8.78. The predicted molar refractivity (Wildman–Crippen MR) is 97.6 cm³/mol. The fourth-order valence-corrected chi connectivity index (χ4v) is 5.57. The lowest BCUT2D eigenvalue weighted by Gasteiger charge is -2.13. The highest BCUT2D eigenvalue weighted by Gasteiger charge is 2.39. The van der Waals surface area contributed by atoms with Crippen LogP contribution in [-0.4, -0.2) is 30.9 Å². The molecule has 1 atom stereocenters. The van der Waals surface area contributed by atoms with Crippen LogP contribution in [-0.2, 0) is 14.8 Å². The zero-order valence-corrected chi connectivity index (χ0v) is 15.0. The number of amides is 1. The summed E-state index contributed by atoms with van der Waals surface area (Å²) >= 11 is 2.25. The lowest BCUT2D eigenvalue weighted by atomic mass is 10.1. The van der Waals surface area contributed by atoms with Crippen LogP contribution >= 0.6 is 23.1 Å². The summed E-state index contributed by atoms with van der Waals surface area (Å²) in [5, 5.41) is 1.36. The number of hydrogen-bond donors (Lipinski definition) is 0. The van der Waals surface area contributed by atoms with Gasteiger partial charge in [-0.2, -0.15) is 8.42 Å². The summed E-state index contributed by atoms with van der Waals surface area (Å²) in [4.78, 5) is 14.0. The normalized spacial score (nSPS) is 19.8. The Kier molecular flexibility index (Phi) is 4.88. The number of hydrogen-bond acceptors (Lipinski definition) is 5. The Morgan fingerprint density at radius 1 is 1.21 bits per heavy atom. The molecule has 1 saturated heterocycles. The van der Waals surface area contributed by atoms with E-state index >= 15 is 0 Å². The summed E-state index contributed by atoms with van der Waals surface area (Å²) in [5.41, 5.74) is 0.820. The van der Waals surface area contributed by atoms with Crippen molar-refractivity contribution in [1.82, 2.24) is 4.90 Å². The third-order valence-corrected chi connectivity index (χ3v) is 7.29. The van der Waals surface area contributed by atoms with Gasteiger partial charge in [-0.05, 0) is 17.0 Å². The van der Waals surface area contributed by atoms with Crippen LogP contribution in [0.3, 0.4) is 0 Å². The fourth-order valence-electron chi connectivity index (χ4n) is 2.22. The van der Waals surface area contributed by atoms with E-state index in [1.807, 2.05) is 30.3 Å². The molecule has 124 valence electrons. The summed E-state index contributed by atoms with van der Waals surface area (Å²) in [6.07, 6.45) is 1.55. The third kappa shape index (κ3) is 3.31.